The summed E-state index contributed by atoms with van der Waals surface area (Å²) < 4.78 is 10.8. The lowest BCUT2D eigenvalue weighted by Crippen LogP contribution is -2.45. The van der Waals surface area contributed by atoms with Crippen LogP contribution < -0.4 is 9.47 Å². The normalized spacial score (nSPS) is 18.0. The van der Waals surface area contributed by atoms with Crippen LogP contribution in [0.15, 0.2) is 48.5 Å². The highest BCUT2D eigenvalue weighted by atomic mass is 35.5. The monoisotopic (exact) mass is 389 g/mol. The molecule has 0 saturated carbocycles. The van der Waals surface area contributed by atoms with E-state index in [1.54, 1.807) is 12.1 Å². The molecule has 1 fully saturated rings. The molecular formula is C21H24ClNO4. The summed E-state index contributed by atoms with van der Waals surface area (Å²) >= 11 is 0. The van der Waals surface area contributed by atoms with Crippen LogP contribution >= 0.6 is 12.4 Å². The van der Waals surface area contributed by atoms with Crippen molar-refractivity contribution >= 4 is 18.2 Å². The minimum Gasteiger partial charge on any atom is -0.454 e. The third-order valence-corrected chi connectivity index (χ3v) is 5.22. The fraction of sp³-hybridized carbons (Fsp3) is 0.381. The van der Waals surface area contributed by atoms with Gasteiger partial charge in [-0.25, -0.2) is 0 Å². The SMILES string of the molecule is Cl.O=C(CC1(O)CCN(Cc2ccc3c(c2)OCO3)CC1)c1ccccc1. The number of aliphatic hydroxyl groups is 1. The quantitative estimate of drug-likeness (QED) is 0.794. The first-order chi connectivity index (χ1) is 12.6. The summed E-state index contributed by atoms with van der Waals surface area (Å²) in [4.78, 5) is 14.7. The van der Waals surface area contributed by atoms with E-state index in [1.165, 1.54) is 5.56 Å². The zero-order valence-corrected chi connectivity index (χ0v) is 15.9. The molecule has 0 unspecified atom stereocenters. The van der Waals surface area contributed by atoms with Crippen LogP contribution in [-0.2, 0) is 6.54 Å². The predicted octanol–water partition coefficient (Wildman–Crippen LogP) is 3.44. The van der Waals surface area contributed by atoms with Crippen molar-refractivity contribution in [2.24, 2.45) is 0 Å². The first kappa shape index (κ1) is 19.7. The highest BCUT2D eigenvalue weighted by Crippen LogP contribution is 2.33. The molecule has 0 spiro atoms. The summed E-state index contributed by atoms with van der Waals surface area (Å²) in [5, 5.41) is 10.8. The molecule has 0 aromatic heterocycles. The first-order valence-electron chi connectivity index (χ1n) is 9.03. The van der Waals surface area contributed by atoms with E-state index in [9.17, 15) is 9.90 Å². The van der Waals surface area contributed by atoms with Crippen molar-refractivity contribution < 1.29 is 19.4 Å². The van der Waals surface area contributed by atoms with Gasteiger partial charge in [0.25, 0.3) is 0 Å². The maximum Gasteiger partial charge on any atom is 0.231 e. The van der Waals surface area contributed by atoms with Crippen LogP contribution in [0.3, 0.4) is 0 Å². The minimum atomic E-state index is -0.904. The number of carbonyl (C=O) groups is 1. The third-order valence-electron chi connectivity index (χ3n) is 5.22. The Hall–Kier alpha value is -2.08. The fourth-order valence-electron chi connectivity index (χ4n) is 3.63. The fourth-order valence-corrected chi connectivity index (χ4v) is 3.63. The van der Waals surface area contributed by atoms with E-state index in [0.717, 1.165) is 31.1 Å². The van der Waals surface area contributed by atoms with E-state index in [2.05, 4.69) is 4.90 Å². The maximum absolute atomic E-state index is 12.4. The lowest BCUT2D eigenvalue weighted by Gasteiger charge is -2.38. The molecule has 2 aromatic carbocycles. The standard InChI is InChI=1S/C21H23NO4.ClH/c23-18(17-4-2-1-3-5-17)13-21(24)8-10-22(11-9-21)14-16-6-7-19-20(12-16)26-15-25-19;/h1-7,12,24H,8-11,13-15H2;1H. The van der Waals surface area contributed by atoms with Gasteiger partial charge >= 0.3 is 0 Å². The summed E-state index contributed by atoms with van der Waals surface area (Å²) in [6.45, 7) is 2.63. The van der Waals surface area contributed by atoms with Crippen LogP contribution in [0, 0.1) is 0 Å². The number of hydrogen-bond donors (Lipinski definition) is 1. The molecule has 0 atom stereocenters. The number of benzene rings is 2. The van der Waals surface area contributed by atoms with E-state index >= 15 is 0 Å². The molecule has 2 heterocycles. The molecule has 27 heavy (non-hydrogen) atoms. The molecule has 0 radical (unpaired) electrons. The number of fused-ring (bicyclic) bond motifs is 1. The Balaban J connectivity index is 0.00000210. The zero-order chi connectivity index (χ0) is 18.0. The maximum atomic E-state index is 12.4. The first-order valence-corrected chi connectivity index (χ1v) is 9.03. The van der Waals surface area contributed by atoms with Gasteiger partial charge in [-0.2, -0.15) is 0 Å². The number of halogens is 1. The summed E-state index contributed by atoms with van der Waals surface area (Å²) in [7, 11) is 0. The highest BCUT2D eigenvalue weighted by molar-refractivity contribution is 5.96. The lowest BCUT2D eigenvalue weighted by molar-refractivity contribution is -0.0241. The molecule has 144 valence electrons. The van der Waals surface area contributed by atoms with Gasteiger partial charge in [0.15, 0.2) is 17.3 Å². The molecule has 2 aliphatic rings. The lowest BCUT2D eigenvalue weighted by atomic mass is 9.85. The molecule has 2 aromatic rings. The van der Waals surface area contributed by atoms with Gasteiger partial charge in [0.05, 0.1) is 5.60 Å². The predicted molar refractivity (Wildman–Crippen MR) is 105 cm³/mol. The van der Waals surface area contributed by atoms with Gasteiger partial charge in [-0.15, -0.1) is 12.4 Å². The van der Waals surface area contributed by atoms with E-state index in [0.29, 0.717) is 18.4 Å². The molecule has 6 heteroatoms. The molecule has 0 aliphatic carbocycles. The molecule has 0 amide bonds. The Morgan fingerprint density at radius 3 is 2.48 bits per heavy atom. The number of ether oxygens (including phenoxy) is 2. The summed E-state index contributed by atoms with van der Waals surface area (Å²) in [6, 6.07) is 15.2. The van der Waals surface area contributed by atoms with E-state index in [1.807, 2.05) is 36.4 Å². The number of piperidine rings is 1. The number of carbonyl (C=O) groups excluding carboxylic acids is 1. The third kappa shape index (κ3) is 4.61. The number of nitrogens with zero attached hydrogens (tertiary/aromatic N) is 1. The van der Waals surface area contributed by atoms with Crippen LogP contribution in [-0.4, -0.2) is 41.3 Å². The number of Topliss-reactive ketones (excluding diaryl/α,β-unsaturated/α-hetero) is 1. The largest absolute Gasteiger partial charge is 0.454 e. The van der Waals surface area contributed by atoms with Crippen molar-refractivity contribution in [2.75, 3.05) is 19.9 Å². The topological polar surface area (TPSA) is 59.0 Å². The van der Waals surface area contributed by atoms with Crippen molar-refractivity contribution in [1.29, 1.82) is 0 Å². The highest BCUT2D eigenvalue weighted by Gasteiger charge is 2.34. The average molecular weight is 390 g/mol. The van der Waals surface area contributed by atoms with Crippen LogP contribution in [0.2, 0.25) is 0 Å². The molecule has 1 N–H and O–H groups in total. The van der Waals surface area contributed by atoms with Crippen LogP contribution in [0.1, 0.15) is 35.2 Å². The van der Waals surface area contributed by atoms with Crippen LogP contribution in [0.5, 0.6) is 11.5 Å². The number of likely N-dealkylation sites (tertiary alicyclic amines) is 1. The van der Waals surface area contributed by atoms with Gasteiger partial charge in [-0.3, -0.25) is 9.69 Å². The average Bonchev–Trinajstić information content (AvgIpc) is 3.12. The van der Waals surface area contributed by atoms with Crippen molar-refractivity contribution in [3.8, 4) is 11.5 Å². The minimum absolute atomic E-state index is 0. The van der Waals surface area contributed by atoms with E-state index in [4.69, 9.17) is 9.47 Å². The van der Waals surface area contributed by atoms with Gasteiger partial charge in [0.2, 0.25) is 6.79 Å². The Bertz CT molecular complexity index is 788. The van der Waals surface area contributed by atoms with Gasteiger partial charge in [-0.1, -0.05) is 36.4 Å². The van der Waals surface area contributed by atoms with Crippen molar-refractivity contribution in [1.82, 2.24) is 4.90 Å². The molecule has 2 aliphatic heterocycles. The Labute approximate surface area is 165 Å². The van der Waals surface area contributed by atoms with Crippen molar-refractivity contribution in [3.63, 3.8) is 0 Å². The number of hydrogen-bond acceptors (Lipinski definition) is 5. The van der Waals surface area contributed by atoms with Gasteiger partial charge in [0, 0.05) is 31.6 Å². The van der Waals surface area contributed by atoms with E-state index in [-0.39, 0.29) is 31.4 Å². The summed E-state index contributed by atoms with van der Waals surface area (Å²) in [5.41, 5.74) is 0.932. The second kappa shape index (κ2) is 8.30. The zero-order valence-electron chi connectivity index (χ0n) is 15.1. The van der Waals surface area contributed by atoms with E-state index < -0.39 is 5.60 Å². The molecule has 1 saturated heterocycles. The van der Waals surface area contributed by atoms with Gasteiger partial charge in [-0.05, 0) is 30.5 Å². The van der Waals surface area contributed by atoms with Gasteiger partial charge < -0.3 is 14.6 Å². The molecular weight excluding hydrogens is 366 g/mol. The van der Waals surface area contributed by atoms with Gasteiger partial charge in [0.1, 0.15) is 0 Å². The van der Waals surface area contributed by atoms with Crippen molar-refractivity contribution in [2.45, 2.75) is 31.4 Å². The van der Waals surface area contributed by atoms with Crippen molar-refractivity contribution in [3.05, 3.63) is 59.7 Å². The molecule has 0 bridgehead atoms. The smallest absolute Gasteiger partial charge is 0.231 e. The molecule has 5 nitrogen and oxygen atoms in total. The number of ketones is 1. The second-order valence-corrected chi connectivity index (χ2v) is 7.15. The Morgan fingerprint density at radius 2 is 1.74 bits per heavy atom. The summed E-state index contributed by atoms with van der Waals surface area (Å²) in [5.74, 6) is 1.60. The Morgan fingerprint density at radius 1 is 1.04 bits per heavy atom. The summed E-state index contributed by atoms with van der Waals surface area (Å²) in [6.07, 6.45) is 1.40. The second-order valence-electron chi connectivity index (χ2n) is 7.15. The number of rotatable bonds is 5. The molecule has 4 rings (SSSR count). The van der Waals surface area contributed by atoms with Crippen LogP contribution in [0.4, 0.5) is 0 Å². The van der Waals surface area contributed by atoms with Crippen LogP contribution in [0.25, 0.3) is 0 Å². The Kier molecular flexibility index (Phi) is 6.05.